The molecule has 0 saturated carbocycles. The number of carbonyl (C=O) groups excluding carboxylic acids is 3. The first-order chi connectivity index (χ1) is 22.1. The highest BCUT2D eigenvalue weighted by Gasteiger charge is 2.34. The van der Waals surface area contributed by atoms with Crippen molar-refractivity contribution in [2.24, 2.45) is 13.0 Å². The summed E-state index contributed by atoms with van der Waals surface area (Å²) in [6.07, 6.45) is 1.64. The summed E-state index contributed by atoms with van der Waals surface area (Å²) >= 11 is 0. The molecule has 0 spiro atoms. The largest absolute Gasteiger partial charge is 0.497 e. The van der Waals surface area contributed by atoms with E-state index in [2.05, 4.69) is 10.6 Å². The molecule has 242 valence electrons. The molecule has 3 N–H and O–H groups in total. The normalized spacial score (nSPS) is 16.9. The molecule has 0 fully saturated rings. The average Bonchev–Trinajstić information content (AvgIpc) is 3.37. The number of aliphatic hydroxyl groups excluding tert-OH is 1. The Labute approximate surface area is 268 Å². The van der Waals surface area contributed by atoms with E-state index in [-0.39, 0.29) is 48.9 Å². The second-order valence-corrected chi connectivity index (χ2v) is 11.9. The number of aliphatic hydroxyl groups is 1. The van der Waals surface area contributed by atoms with Crippen molar-refractivity contribution in [3.8, 4) is 11.5 Å². The lowest BCUT2D eigenvalue weighted by Gasteiger charge is -2.38. The molecule has 46 heavy (non-hydrogen) atoms. The molecule has 0 saturated heterocycles. The summed E-state index contributed by atoms with van der Waals surface area (Å²) in [6, 6.07) is 19.2. The number of ether oxygens (including phenoxy) is 2. The van der Waals surface area contributed by atoms with Crippen LogP contribution in [0.4, 0.5) is 16.2 Å². The van der Waals surface area contributed by atoms with E-state index in [1.807, 2.05) is 49.0 Å². The first kappa shape index (κ1) is 32.4. The number of rotatable bonds is 9. The van der Waals surface area contributed by atoms with E-state index in [4.69, 9.17) is 9.47 Å². The molecule has 4 amide bonds. The van der Waals surface area contributed by atoms with Crippen LogP contribution in [0.1, 0.15) is 29.8 Å². The third-order valence-electron chi connectivity index (χ3n) is 8.42. The van der Waals surface area contributed by atoms with Crippen molar-refractivity contribution < 1.29 is 29.0 Å². The lowest BCUT2D eigenvalue weighted by molar-refractivity contribution is -0.115. The number of methoxy groups -OCH3 is 1. The van der Waals surface area contributed by atoms with E-state index in [1.54, 1.807) is 68.4 Å². The molecule has 3 atom stereocenters. The zero-order valence-electron chi connectivity index (χ0n) is 26.8. The van der Waals surface area contributed by atoms with Crippen LogP contribution in [0.5, 0.6) is 11.5 Å². The first-order valence-electron chi connectivity index (χ1n) is 15.3. The summed E-state index contributed by atoms with van der Waals surface area (Å²) < 4.78 is 13.6. The minimum absolute atomic E-state index is 0.168. The van der Waals surface area contributed by atoms with Gasteiger partial charge < -0.3 is 39.6 Å². The topological polar surface area (TPSA) is 125 Å². The number of amides is 4. The Kier molecular flexibility index (Phi) is 9.81. The fourth-order valence-corrected chi connectivity index (χ4v) is 5.71. The number of hydrogen-bond donors (Lipinski definition) is 3. The summed E-state index contributed by atoms with van der Waals surface area (Å²) in [6.45, 7) is 4.06. The number of fused-ring (bicyclic) bond motifs is 2. The zero-order chi connectivity index (χ0) is 33.0. The van der Waals surface area contributed by atoms with Crippen molar-refractivity contribution in [1.82, 2.24) is 14.4 Å². The van der Waals surface area contributed by atoms with E-state index in [0.29, 0.717) is 29.4 Å². The van der Waals surface area contributed by atoms with Crippen LogP contribution in [0, 0.1) is 5.92 Å². The molecule has 11 nitrogen and oxygen atoms in total. The summed E-state index contributed by atoms with van der Waals surface area (Å²) in [5.74, 6) is 0.324. The standard InChI is InChI=1S/C35H41N5O6/c1-22-18-40(23(2)21-41)34(43)29-17-26(36-33(42)16-24-19-38(3)30-9-7-6-8-28(24)30)12-15-31(29)46-32(22)20-39(4)35(44)37-25-10-13-27(45-5)14-11-25/h6-15,17,19,22-23,32,41H,16,18,20-21H2,1-5H3,(H,36,42)(H,37,44)/t22-,23-,32-/m1/s1. The van der Waals surface area contributed by atoms with E-state index in [9.17, 15) is 19.5 Å². The maximum Gasteiger partial charge on any atom is 0.321 e. The van der Waals surface area contributed by atoms with Gasteiger partial charge in [-0.15, -0.1) is 0 Å². The van der Waals surface area contributed by atoms with Gasteiger partial charge in [0.05, 0.1) is 38.3 Å². The summed E-state index contributed by atoms with van der Waals surface area (Å²) in [4.78, 5) is 43.2. The van der Waals surface area contributed by atoms with E-state index in [1.165, 1.54) is 4.90 Å². The van der Waals surface area contributed by atoms with Crippen LogP contribution >= 0.6 is 0 Å². The zero-order valence-corrected chi connectivity index (χ0v) is 26.8. The lowest BCUT2D eigenvalue weighted by atomic mass is 9.99. The molecule has 0 aliphatic carbocycles. The molecule has 2 heterocycles. The van der Waals surface area contributed by atoms with Crippen molar-refractivity contribution in [3.05, 3.63) is 84.1 Å². The van der Waals surface area contributed by atoms with Crippen molar-refractivity contribution in [2.75, 3.05) is 44.5 Å². The number of aryl methyl sites for hydroxylation is 1. The first-order valence-corrected chi connectivity index (χ1v) is 15.3. The van der Waals surface area contributed by atoms with Gasteiger partial charge in [-0.05, 0) is 61.0 Å². The molecular formula is C35H41N5O6. The molecule has 1 aliphatic rings. The minimum Gasteiger partial charge on any atom is -0.497 e. The molecule has 0 bridgehead atoms. The number of likely N-dealkylation sites (N-methyl/N-ethyl adjacent to an activating group) is 1. The van der Waals surface area contributed by atoms with Gasteiger partial charge in [0.15, 0.2) is 0 Å². The molecule has 5 rings (SSSR count). The maximum atomic E-state index is 13.8. The van der Waals surface area contributed by atoms with Gasteiger partial charge >= 0.3 is 6.03 Å². The molecule has 1 aromatic heterocycles. The van der Waals surface area contributed by atoms with Crippen LogP contribution in [0.2, 0.25) is 0 Å². The van der Waals surface area contributed by atoms with Crippen LogP contribution in [0.3, 0.4) is 0 Å². The Morgan fingerprint density at radius 3 is 2.52 bits per heavy atom. The minimum atomic E-state index is -0.473. The second-order valence-electron chi connectivity index (χ2n) is 11.9. The lowest BCUT2D eigenvalue weighted by Crippen LogP contribution is -2.50. The Hall–Kier alpha value is -5.03. The van der Waals surface area contributed by atoms with Gasteiger partial charge in [-0.2, -0.15) is 0 Å². The van der Waals surface area contributed by atoms with E-state index < -0.39 is 12.1 Å². The molecule has 1 aliphatic heterocycles. The van der Waals surface area contributed by atoms with E-state index >= 15 is 0 Å². The monoisotopic (exact) mass is 627 g/mol. The number of carbonyl (C=O) groups is 3. The fourth-order valence-electron chi connectivity index (χ4n) is 5.71. The van der Waals surface area contributed by atoms with Crippen LogP contribution in [0.15, 0.2) is 72.9 Å². The van der Waals surface area contributed by atoms with Crippen molar-refractivity contribution >= 4 is 40.1 Å². The summed E-state index contributed by atoms with van der Waals surface area (Å²) in [5, 5.41) is 16.8. The van der Waals surface area contributed by atoms with Crippen LogP contribution in [-0.4, -0.2) is 83.3 Å². The van der Waals surface area contributed by atoms with Gasteiger partial charge in [-0.1, -0.05) is 25.1 Å². The van der Waals surface area contributed by atoms with Crippen molar-refractivity contribution in [3.63, 3.8) is 0 Å². The van der Waals surface area contributed by atoms with Gasteiger partial charge in [0.2, 0.25) is 5.91 Å². The Balaban J connectivity index is 1.35. The third kappa shape index (κ3) is 7.10. The van der Waals surface area contributed by atoms with E-state index in [0.717, 1.165) is 16.5 Å². The Morgan fingerprint density at radius 1 is 1.09 bits per heavy atom. The van der Waals surface area contributed by atoms with Gasteiger partial charge in [0, 0.05) is 55.0 Å². The predicted octanol–water partition coefficient (Wildman–Crippen LogP) is 4.75. The van der Waals surface area contributed by atoms with Crippen LogP contribution in [-0.2, 0) is 18.3 Å². The average molecular weight is 628 g/mol. The summed E-state index contributed by atoms with van der Waals surface area (Å²) in [5.41, 5.74) is 3.29. The highest BCUT2D eigenvalue weighted by atomic mass is 16.5. The van der Waals surface area contributed by atoms with Crippen molar-refractivity contribution in [2.45, 2.75) is 32.4 Å². The number of urea groups is 1. The number of para-hydroxylation sites is 1. The SMILES string of the molecule is COc1ccc(NC(=O)N(C)C[C@H]2Oc3ccc(NC(=O)Cc4cn(C)c5ccccc45)cc3C(=O)N([C@H](C)CO)C[C@H]2C)cc1. The van der Waals surface area contributed by atoms with Crippen LogP contribution < -0.4 is 20.1 Å². The molecule has 0 unspecified atom stereocenters. The Bertz CT molecular complexity index is 1720. The predicted molar refractivity (Wildman–Crippen MR) is 178 cm³/mol. The maximum absolute atomic E-state index is 13.8. The number of benzene rings is 3. The number of hydrogen-bond acceptors (Lipinski definition) is 6. The molecule has 11 heteroatoms. The number of nitrogens with one attached hydrogen (secondary N) is 2. The quantitative estimate of drug-likeness (QED) is 0.246. The van der Waals surface area contributed by atoms with Gasteiger partial charge in [-0.25, -0.2) is 4.79 Å². The number of anilines is 2. The fraction of sp³-hybridized carbons (Fsp3) is 0.343. The van der Waals surface area contributed by atoms with Crippen LogP contribution in [0.25, 0.3) is 10.9 Å². The second kappa shape index (κ2) is 13.9. The Morgan fingerprint density at radius 2 is 1.80 bits per heavy atom. The highest BCUT2D eigenvalue weighted by molar-refractivity contribution is 6.01. The smallest absolute Gasteiger partial charge is 0.321 e. The highest BCUT2D eigenvalue weighted by Crippen LogP contribution is 2.31. The van der Waals surface area contributed by atoms with Gasteiger partial charge in [0.1, 0.15) is 17.6 Å². The number of nitrogens with zero attached hydrogens (tertiary/aromatic N) is 3. The molecule has 3 aromatic carbocycles. The molecule has 4 aromatic rings. The van der Waals surface area contributed by atoms with Gasteiger partial charge in [-0.3, -0.25) is 9.59 Å². The summed E-state index contributed by atoms with van der Waals surface area (Å²) in [7, 11) is 5.21. The third-order valence-corrected chi connectivity index (χ3v) is 8.42. The molecule has 0 radical (unpaired) electrons. The molecular weight excluding hydrogens is 586 g/mol. The number of aromatic nitrogens is 1. The van der Waals surface area contributed by atoms with Crippen molar-refractivity contribution in [1.29, 1.82) is 0 Å². The van der Waals surface area contributed by atoms with Gasteiger partial charge in [0.25, 0.3) is 5.91 Å².